The molecule has 1 aromatic rings. The van der Waals surface area contributed by atoms with Crippen molar-refractivity contribution in [2.75, 3.05) is 30.9 Å². The predicted molar refractivity (Wildman–Crippen MR) is 68.8 cm³/mol. The fourth-order valence-electron chi connectivity index (χ4n) is 2.05. The molecular formula is C13H16N2O3. The van der Waals surface area contributed by atoms with Crippen LogP contribution in [0, 0.1) is 5.92 Å². The van der Waals surface area contributed by atoms with Crippen molar-refractivity contribution in [2.24, 2.45) is 5.92 Å². The molecule has 5 nitrogen and oxygen atoms in total. The molecule has 0 spiro atoms. The van der Waals surface area contributed by atoms with Gasteiger partial charge in [0.25, 0.3) is 0 Å². The summed E-state index contributed by atoms with van der Waals surface area (Å²) in [6.45, 7) is 2.49. The summed E-state index contributed by atoms with van der Waals surface area (Å²) >= 11 is 0. The molecule has 1 N–H and O–H groups in total. The second-order valence-corrected chi connectivity index (χ2v) is 4.49. The van der Waals surface area contributed by atoms with E-state index >= 15 is 0 Å². The van der Waals surface area contributed by atoms with Crippen LogP contribution in [0.5, 0.6) is 0 Å². The normalized spacial score (nSPS) is 18.7. The summed E-state index contributed by atoms with van der Waals surface area (Å²) in [5.41, 5.74) is 2.03. The Morgan fingerprint density at radius 2 is 2.22 bits per heavy atom. The Morgan fingerprint density at radius 3 is 2.89 bits per heavy atom. The van der Waals surface area contributed by atoms with Gasteiger partial charge in [-0.15, -0.1) is 0 Å². The Hall–Kier alpha value is -2.04. The minimum Gasteiger partial charge on any atom is -0.465 e. The molecule has 2 rings (SSSR count). The second kappa shape index (κ2) is 4.68. The SMILES string of the molecule is COC(=O)c1ccc2c(c1)N(C)CC(C)C(=O)N2. The number of methoxy groups -OCH3 is 1. The first-order chi connectivity index (χ1) is 8.52. The van der Waals surface area contributed by atoms with Crippen molar-refractivity contribution in [1.29, 1.82) is 0 Å². The Labute approximate surface area is 106 Å². The zero-order valence-corrected chi connectivity index (χ0v) is 10.7. The number of rotatable bonds is 1. The predicted octanol–water partition coefficient (Wildman–Crippen LogP) is 1.50. The Bertz CT molecular complexity index is 499. The van der Waals surface area contributed by atoms with Gasteiger partial charge in [0, 0.05) is 13.6 Å². The topological polar surface area (TPSA) is 58.6 Å². The minimum atomic E-state index is -0.380. The molecule has 1 unspecified atom stereocenters. The third kappa shape index (κ3) is 2.16. The number of nitrogens with zero attached hydrogens (tertiary/aromatic N) is 1. The Balaban J connectivity index is 2.43. The number of carbonyl (C=O) groups excluding carboxylic acids is 2. The van der Waals surface area contributed by atoms with Crippen LogP contribution in [0.3, 0.4) is 0 Å². The molecule has 0 radical (unpaired) electrons. The highest BCUT2D eigenvalue weighted by Crippen LogP contribution is 2.30. The number of anilines is 2. The number of fused-ring (bicyclic) bond motifs is 1. The van der Waals surface area contributed by atoms with Crippen LogP contribution in [-0.2, 0) is 9.53 Å². The standard InChI is InChI=1S/C13H16N2O3/c1-8-7-15(2)11-6-9(13(17)18-3)4-5-10(11)14-12(8)16/h4-6,8H,7H2,1-3H3,(H,14,16). The van der Waals surface area contributed by atoms with Crippen molar-refractivity contribution >= 4 is 23.3 Å². The first-order valence-electron chi connectivity index (χ1n) is 5.77. The van der Waals surface area contributed by atoms with Gasteiger partial charge in [0.2, 0.25) is 5.91 Å². The molecule has 0 bridgehead atoms. The van der Waals surface area contributed by atoms with E-state index in [0.717, 1.165) is 11.4 Å². The maximum atomic E-state index is 11.8. The first-order valence-corrected chi connectivity index (χ1v) is 5.77. The third-order valence-electron chi connectivity index (χ3n) is 3.08. The van der Waals surface area contributed by atoms with E-state index in [-0.39, 0.29) is 17.8 Å². The number of hydrogen-bond acceptors (Lipinski definition) is 4. The minimum absolute atomic E-state index is 0.00795. The molecule has 1 aromatic carbocycles. The fraction of sp³-hybridized carbons (Fsp3) is 0.385. The van der Waals surface area contributed by atoms with E-state index in [0.29, 0.717) is 12.1 Å². The number of nitrogens with one attached hydrogen (secondary N) is 1. The number of hydrogen-bond donors (Lipinski definition) is 1. The van der Waals surface area contributed by atoms with Gasteiger partial charge in [0.05, 0.1) is 30.0 Å². The highest BCUT2D eigenvalue weighted by atomic mass is 16.5. The van der Waals surface area contributed by atoms with Crippen LogP contribution in [0.4, 0.5) is 11.4 Å². The molecule has 0 aromatic heterocycles. The maximum Gasteiger partial charge on any atom is 0.337 e. The molecule has 1 aliphatic heterocycles. The molecule has 1 heterocycles. The first kappa shape index (κ1) is 12.4. The van der Waals surface area contributed by atoms with E-state index in [9.17, 15) is 9.59 Å². The van der Waals surface area contributed by atoms with Gasteiger partial charge in [-0.05, 0) is 18.2 Å². The van der Waals surface area contributed by atoms with Crippen molar-refractivity contribution in [3.8, 4) is 0 Å². The number of ether oxygens (including phenoxy) is 1. The summed E-state index contributed by atoms with van der Waals surface area (Å²) in [5, 5.41) is 2.85. The zero-order chi connectivity index (χ0) is 13.3. The van der Waals surface area contributed by atoms with Crippen molar-refractivity contribution in [3.05, 3.63) is 23.8 Å². The van der Waals surface area contributed by atoms with Crippen LogP contribution < -0.4 is 10.2 Å². The van der Waals surface area contributed by atoms with Crippen LogP contribution in [-0.4, -0.2) is 32.6 Å². The van der Waals surface area contributed by atoms with Gasteiger partial charge >= 0.3 is 5.97 Å². The molecule has 0 saturated heterocycles. The quantitative estimate of drug-likeness (QED) is 0.765. The lowest BCUT2D eigenvalue weighted by Crippen LogP contribution is -2.27. The Kier molecular flexibility index (Phi) is 3.23. The summed E-state index contributed by atoms with van der Waals surface area (Å²) in [5.74, 6) is -0.481. The number of benzene rings is 1. The average Bonchev–Trinajstić information content (AvgIpc) is 2.47. The van der Waals surface area contributed by atoms with Gasteiger partial charge in [-0.2, -0.15) is 0 Å². The maximum absolute atomic E-state index is 11.8. The average molecular weight is 248 g/mol. The molecule has 1 amide bonds. The number of esters is 1. The van der Waals surface area contributed by atoms with Crippen LogP contribution in [0.2, 0.25) is 0 Å². The van der Waals surface area contributed by atoms with Gasteiger partial charge in [-0.25, -0.2) is 4.79 Å². The monoisotopic (exact) mass is 248 g/mol. The summed E-state index contributed by atoms with van der Waals surface area (Å²) < 4.78 is 4.69. The number of amides is 1. The lowest BCUT2D eigenvalue weighted by Gasteiger charge is -2.20. The molecular weight excluding hydrogens is 232 g/mol. The van der Waals surface area contributed by atoms with Gasteiger partial charge < -0.3 is 15.0 Å². The van der Waals surface area contributed by atoms with Crippen molar-refractivity contribution in [3.63, 3.8) is 0 Å². The second-order valence-electron chi connectivity index (χ2n) is 4.49. The smallest absolute Gasteiger partial charge is 0.337 e. The largest absolute Gasteiger partial charge is 0.465 e. The zero-order valence-electron chi connectivity index (χ0n) is 10.7. The summed E-state index contributed by atoms with van der Waals surface area (Å²) in [4.78, 5) is 25.2. The van der Waals surface area contributed by atoms with Gasteiger partial charge in [-0.3, -0.25) is 4.79 Å². The van der Waals surface area contributed by atoms with Gasteiger partial charge in [-0.1, -0.05) is 6.92 Å². The highest BCUT2D eigenvalue weighted by Gasteiger charge is 2.23. The lowest BCUT2D eigenvalue weighted by atomic mass is 10.1. The molecule has 0 aliphatic carbocycles. The van der Waals surface area contributed by atoms with Crippen molar-refractivity contribution in [2.45, 2.75) is 6.92 Å². The molecule has 18 heavy (non-hydrogen) atoms. The van der Waals surface area contributed by atoms with Crippen LogP contribution in [0.15, 0.2) is 18.2 Å². The molecule has 96 valence electrons. The molecule has 0 saturated carbocycles. The van der Waals surface area contributed by atoms with Gasteiger partial charge in [0.15, 0.2) is 0 Å². The van der Waals surface area contributed by atoms with Crippen LogP contribution in [0.25, 0.3) is 0 Å². The van der Waals surface area contributed by atoms with Crippen molar-refractivity contribution in [1.82, 2.24) is 0 Å². The summed E-state index contributed by atoms with van der Waals surface area (Å²) in [6, 6.07) is 5.11. The lowest BCUT2D eigenvalue weighted by molar-refractivity contribution is -0.119. The van der Waals surface area contributed by atoms with E-state index < -0.39 is 0 Å². The van der Waals surface area contributed by atoms with Crippen molar-refractivity contribution < 1.29 is 14.3 Å². The molecule has 5 heteroatoms. The highest BCUT2D eigenvalue weighted by molar-refractivity contribution is 5.99. The van der Waals surface area contributed by atoms with E-state index in [1.807, 2.05) is 18.9 Å². The van der Waals surface area contributed by atoms with E-state index in [1.54, 1.807) is 18.2 Å². The van der Waals surface area contributed by atoms with E-state index in [4.69, 9.17) is 4.74 Å². The van der Waals surface area contributed by atoms with Crippen LogP contribution in [0.1, 0.15) is 17.3 Å². The van der Waals surface area contributed by atoms with Gasteiger partial charge in [0.1, 0.15) is 0 Å². The summed E-state index contributed by atoms with van der Waals surface area (Å²) in [7, 11) is 3.25. The molecule has 1 aliphatic rings. The molecule has 0 fully saturated rings. The molecule has 1 atom stereocenters. The third-order valence-corrected chi connectivity index (χ3v) is 3.08. The van der Waals surface area contributed by atoms with E-state index in [2.05, 4.69) is 5.32 Å². The van der Waals surface area contributed by atoms with Crippen LogP contribution >= 0.6 is 0 Å². The van der Waals surface area contributed by atoms with E-state index in [1.165, 1.54) is 7.11 Å². The number of carbonyl (C=O) groups is 2. The Morgan fingerprint density at radius 1 is 1.50 bits per heavy atom. The fourth-order valence-corrected chi connectivity index (χ4v) is 2.05. The summed E-state index contributed by atoms with van der Waals surface area (Å²) in [6.07, 6.45) is 0.